The van der Waals surface area contributed by atoms with Crippen LogP contribution in [0.2, 0.25) is 0 Å². The zero-order valence-corrected chi connectivity index (χ0v) is 17.8. The number of hydrogen-bond donors (Lipinski definition) is 0. The van der Waals surface area contributed by atoms with Gasteiger partial charge < -0.3 is 4.74 Å². The molecule has 0 amide bonds. The molecule has 30 heavy (non-hydrogen) atoms. The second kappa shape index (κ2) is 9.60. The van der Waals surface area contributed by atoms with E-state index < -0.39 is 0 Å². The predicted molar refractivity (Wildman–Crippen MR) is 118 cm³/mol. The number of aryl methyl sites for hydroxylation is 1. The molecule has 0 saturated carbocycles. The highest BCUT2D eigenvalue weighted by atomic mass is 32.2. The molecule has 150 valence electrons. The fraction of sp³-hybridized carbons (Fsp3) is 0.136. The van der Waals surface area contributed by atoms with Gasteiger partial charge in [0.15, 0.2) is 0 Å². The molecule has 0 aliphatic carbocycles. The van der Waals surface area contributed by atoms with Gasteiger partial charge >= 0.3 is 5.97 Å². The number of thioether (sulfide) groups is 1. The highest BCUT2D eigenvalue weighted by Crippen LogP contribution is 2.34. The highest BCUT2D eigenvalue weighted by molar-refractivity contribution is 7.99. The van der Waals surface area contributed by atoms with E-state index in [-0.39, 0.29) is 18.3 Å². The van der Waals surface area contributed by atoms with Crippen LogP contribution in [0.5, 0.6) is 0 Å². The predicted octanol–water partition coefficient (Wildman–Crippen LogP) is 4.81. The Bertz CT molecular complexity index is 1120. The molecule has 3 aromatic heterocycles. The van der Waals surface area contributed by atoms with Crippen molar-refractivity contribution in [1.29, 1.82) is 0 Å². The van der Waals surface area contributed by atoms with Gasteiger partial charge in [0.25, 0.3) is 0 Å². The van der Waals surface area contributed by atoms with E-state index in [4.69, 9.17) is 4.74 Å². The number of carbonyl (C=O) groups is 1. The standard InChI is InChI=1S/C22H18N4O2S2/c1-15-21(30-22(24-15)17-8-5-11-23-12-17)18-9-10-19(26-25-18)29-14-20(27)28-13-16-6-3-2-4-7-16/h2-12H,13-14H2,1H3. The van der Waals surface area contributed by atoms with Gasteiger partial charge in [-0.15, -0.1) is 21.5 Å². The van der Waals surface area contributed by atoms with Crippen molar-refractivity contribution in [3.63, 3.8) is 0 Å². The summed E-state index contributed by atoms with van der Waals surface area (Å²) in [6.45, 7) is 2.23. The van der Waals surface area contributed by atoms with Crippen LogP contribution in [0.4, 0.5) is 0 Å². The van der Waals surface area contributed by atoms with E-state index in [9.17, 15) is 4.79 Å². The number of benzene rings is 1. The number of thiazole rings is 1. The van der Waals surface area contributed by atoms with Crippen LogP contribution in [-0.2, 0) is 16.1 Å². The Morgan fingerprint density at radius 1 is 1.07 bits per heavy atom. The summed E-state index contributed by atoms with van der Waals surface area (Å²) in [5.41, 5.74) is 3.60. The maximum atomic E-state index is 12.0. The van der Waals surface area contributed by atoms with Crippen molar-refractivity contribution in [2.75, 3.05) is 5.75 Å². The minimum absolute atomic E-state index is 0.186. The summed E-state index contributed by atoms with van der Waals surface area (Å²) >= 11 is 2.86. The number of nitrogens with zero attached hydrogens (tertiary/aromatic N) is 4. The molecule has 4 rings (SSSR count). The molecule has 4 aromatic rings. The van der Waals surface area contributed by atoms with Crippen LogP contribution >= 0.6 is 23.1 Å². The van der Waals surface area contributed by atoms with Crippen LogP contribution in [-0.4, -0.2) is 31.9 Å². The van der Waals surface area contributed by atoms with Gasteiger partial charge in [-0.3, -0.25) is 9.78 Å². The first-order valence-corrected chi connectivity index (χ1v) is 11.0. The molecule has 0 bridgehead atoms. The lowest BCUT2D eigenvalue weighted by atomic mass is 10.2. The topological polar surface area (TPSA) is 77.9 Å². The van der Waals surface area contributed by atoms with Gasteiger partial charge in [0.1, 0.15) is 22.3 Å². The average Bonchev–Trinajstić information content (AvgIpc) is 3.19. The van der Waals surface area contributed by atoms with E-state index >= 15 is 0 Å². The number of rotatable bonds is 7. The second-order valence-electron chi connectivity index (χ2n) is 6.37. The van der Waals surface area contributed by atoms with Gasteiger partial charge in [0.2, 0.25) is 0 Å². The molecular weight excluding hydrogens is 416 g/mol. The molecule has 0 N–H and O–H groups in total. The maximum Gasteiger partial charge on any atom is 0.316 e. The molecule has 1 aromatic carbocycles. The molecule has 0 aliphatic rings. The van der Waals surface area contributed by atoms with Crippen molar-refractivity contribution in [3.05, 3.63) is 78.2 Å². The Balaban J connectivity index is 1.35. The zero-order chi connectivity index (χ0) is 20.8. The summed E-state index contributed by atoms with van der Waals surface area (Å²) in [5, 5.41) is 10.1. The van der Waals surface area contributed by atoms with Crippen molar-refractivity contribution < 1.29 is 9.53 Å². The Kier molecular flexibility index (Phi) is 6.46. The third-order valence-electron chi connectivity index (χ3n) is 4.16. The smallest absolute Gasteiger partial charge is 0.316 e. The van der Waals surface area contributed by atoms with Crippen LogP contribution in [0, 0.1) is 6.92 Å². The Labute approximate surface area is 182 Å². The molecule has 3 heterocycles. The van der Waals surface area contributed by atoms with Gasteiger partial charge in [0, 0.05) is 18.0 Å². The summed E-state index contributed by atoms with van der Waals surface area (Å²) in [6.07, 6.45) is 3.54. The third-order valence-corrected chi connectivity index (χ3v) is 6.28. The van der Waals surface area contributed by atoms with Crippen molar-refractivity contribution in [1.82, 2.24) is 20.2 Å². The molecule has 0 saturated heterocycles. The van der Waals surface area contributed by atoms with Crippen molar-refractivity contribution in [2.45, 2.75) is 18.6 Å². The minimum atomic E-state index is -0.283. The van der Waals surface area contributed by atoms with E-state index in [0.29, 0.717) is 5.03 Å². The lowest BCUT2D eigenvalue weighted by Crippen LogP contribution is -2.07. The number of esters is 1. The van der Waals surface area contributed by atoms with Crippen molar-refractivity contribution >= 4 is 29.1 Å². The van der Waals surface area contributed by atoms with E-state index in [2.05, 4.69) is 20.2 Å². The van der Waals surface area contributed by atoms with Crippen LogP contribution < -0.4 is 0 Å². The molecule has 0 atom stereocenters. The molecule has 0 radical (unpaired) electrons. The van der Waals surface area contributed by atoms with Crippen LogP contribution in [0.3, 0.4) is 0 Å². The summed E-state index contributed by atoms with van der Waals surface area (Å²) in [7, 11) is 0. The minimum Gasteiger partial charge on any atom is -0.460 e. The monoisotopic (exact) mass is 434 g/mol. The molecule has 0 aliphatic heterocycles. The zero-order valence-electron chi connectivity index (χ0n) is 16.2. The fourth-order valence-corrected chi connectivity index (χ4v) is 4.31. The average molecular weight is 435 g/mol. The van der Waals surface area contributed by atoms with E-state index in [1.807, 2.05) is 61.5 Å². The third kappa shape index (κ3) is 5.08. The molecule has 0 spiro atoms. The van der Waals surface area contributed by atoms with Crippen molar-refractivity contribution in [3.8, 4) is 21.1 Å². The summed E-state index contributed by atoms with van der Waals surface area (Å²) in [4.78, 5) is 21.7. The summed E-state index contributed by atoms with van der Waals surface area (Å²) in [5.74, 6) is -0.0971. The largest absolute Gasteiger partial charge is 0.460 e. The summed E-state index contributed by atoms with van der Waals surface area (Å²) in [6, 6.07) is 17.2. The molecule has 8 heteroatoms. The number of carbonyl (C=O) groups excluding carboxylic acids is 1. The molecular formula is C22H18N4O2S2. The van der Waals surface area contributed by atoms with Crippen molar-refractivity contribution in [2.24, 2.45) is 0 Å². The highest BCUT2D eigenvalue weighted by Gasteiger charge is 2.13. The maximum absolute atomic E-state index is 12.0. The lowest BCUT2D eigenvalue weighted by Gasteiger charge is -2.04. The fourth-order valence-electron chi connectivity index (χ4n) is 2.68. The van der Waals surface area contributed by atoms with Crippen LogP contribution in [0.15, 0.2) is 72.0 Å². The van der Waals surface area contributed by atoms with Gasteiger partial charge in [0.05, 0.1) is 16.3 Å². The Morgan fingerprint density at radius 2 is 1.93 bits per heavy atom. The molecule has 6 nitrogen and oxygen atoms in total. The number of pyridine rings is 1. The van der Waals surface area contributed by atoms with E-state index in [1.54, 1.807) is 23.7 Å². The molecule has 0 fully saturated rings. The Morgan fingerprint density at radius 3 is 2.67 bits per heavy atom. The van der Waals surface area contributed by atoms with Gasteiger partial charge in [-0.05, 0) is 36.8 Å². The number of ether oxygens (including phenoxy) is 1. The number of hydrogen-bond acceptors (Lipinski definition) is 8. The first-order chi connectivity index (χ1) is 14.7. The van der Waals surface area contributed by atoms with Gasteiger partial charge in [-0.2, -0.15) is 0 Å². The van der Waals surface area contributed by atoms with Crippen LogP contribution in [0.25, 0.3) is 21.1 Å². The van der Waals surface area contributed by atoms with Gasteiger partial charge in [-0.1, -0.05) is 42.1 Å². The van der Waals surface area contributed by atoms with E-state index in [1.165, 1.54) is 11.8 Å². The molecule has 0 unspecified atom stereocenters. The van der Waals surface area contributed by atoms with E-state index in [0.717, 1.165) is 32.4 Å². The summed E-state index contributed by atoms with van der Waals surface area (Å²) < 4.78 is 5.28. The first kappa shape index (κ1) is 20.2. The SMILES string of the molecule is Cc1nc(-c2cccnc2)sc1-c1ccc(SCC(=O)OCc2ccccc2)nn1. The number of aromatic nitrogens is 4. The Hall–Kier alpha value is -3.10. The first-order valence-electron chi connectivity index (χ1n) is 9.23. The normalized spacial score (nSPS) is 10.7. The van der Waals surface area contributed by atoms with Gasteiger partial charge in [-0.25, -0.2) is 4.98 Å². The lowest BCUT2D eigenvalue weighted by molar-refractivity contribution is -0.141. The quantitative estimate of drug-likeness (QED) is 0.305. The van der Waals surface area contributed by atoms with Crippen LogP contribution in [0.1, 0.15) is 11.3 Å². The second-order valence-corrected chi connectivity index (χ2v) is 8.36.